The van der Waals surface area contributed by atoms with Crippen LogP contribution in [0.25, 0.3) is 0 Å². The maximum Gasteiger partial charge on any atom is 0.310 e. The van der Waals surface area contributed by atoms with Crippen LogP contribution in [0.3, 0.4) is 0 Å². The van der Waals surface area contributed by atoms with Crippen LogP contribution < -0.4 is 0 Å². The average molecular weight is 237 g/mol. The zero-order valence-corrected chi connectivity index (χ0v) is 9.63. The molecule has 3 aliphatic heterocycles. The van der Waals surface area contributed by atoms with Crippen LogP contribution in [-0.2, 0) is 14.3 Å². The molecule has 0 aromatic carbocycles. The van der Waals surface area contributed by atoms with E-state index in [1.165, 1.54) is 0 Å². The first-order chi connectivity index (χ1) is 8.09. The Kier molecular flexibility index (Phi) is 2.10. The van der Waals surface area contributed by atoms with Crippen LogP contribution in [-0.4, -0.2) is 46.7 Å². The summed E-state index contributed by atoms with van der Waals surface area (Å²) < 4.78 is 5.75. The van der Waals surface area contributed by atoms with E-state index in [9.17, 15) is 14.7 Å². The lowest BCUT2D eigenvalue weighted by molar-refractivity contribution is -0.148. The number of hydrogen-bond donors (Lipinski definition) is 1. The third kappa shape index (κ3) is 1.23. The Balaban J connectivity index is 1.96. The second kappa shape index (κ2) is 3.32. The summed E-state index contributed by atoms with van der Waals surface area (Å²) in [5.74, 6) is -2.24. The van der Waals surface area contributed by atoms with Crippen molar-refractivity contribution in [3.05, 3.63) is 12.2 Å². The van der Waals surface area contributed by atoms with Crippen LogP contribution in [0.15, 0.2) is 12.2 Å². The summed E-state index contributed by atoms with van der Waals surface area (Å²) in [6.07, 6.45) is 4.12. The molecule has 2 bridgehead atoms. The van der Waals surface area contributed by atoms with Crippen molar-refractivity contribution in [2.75, 3.05) is 13.1 Å². The molecule has 0 aromatic heterocycles. The summed E-state index contributed by atoms with van der Waals surface area (Å²) in [5, 5.41) is 9.23. The third-order valence-electron chi connectivity index (χ3n) is 3.96. The quantitative estimate of drug-likeness (QED) is 0.715. The molecule has 5 nitrogen and oxygen atoms in total. The minimum atomic E-state index is -0.932. The smallest absolute Gasteiger partial charge is 0.310 e. The fourth-order valence-corrected chi connectivity index (χ4v) is 3.32. The average Bonchev–Trinajstić information content (AvgIpc) is 2.88. The molecule has 92 valence electrons. The molecule has 3 heterocycles. The van der Waals surface area contributed by atoms with Crippen LogP contribution in [0.2, 0.25) is 0 Å². The van der Waals surface area contributed by atoms with Gasteiger partial charge in [-0.3, -0.25) is 9.59 Å². The van der Waals surface area contributed by atoms with E-state index in [1.807, 2.05) is 13.0 Å². The molecule has 1 amide bonds. The summed E-state index contributed by atoms with van der Waals surface area (Å²) in [6.45, 7) is 3.17. The van der Waals surface area contributed by atoms with Gasteiger partial charge in [-0.15, -0.1) is 0 Å². The first-order valence-corrected chi connectivity index (χ1v) is 5.98. The van der Waals surface area contributed by atoms with E-state index in [1.54, 1.807) is 11.0 Å². The van der Waals surface area contributed by atoms with E-state index in [2.05, 4.69) is 0 Å². The van der Waals surface area contributed by atoms with Gasteiger partial charge >= 0.3 is 5.97 Å². The van der Waals surface area contributed by atoms with Crippen molar-refractivity contribution in [2.24, 2.45) is 11.8 Å². The number of hydrogen-bond acceptors (Lipinski definition) is 3. The summed E-state index contributed by atoms with van der Waals surface area (Å²) in [7, 11) is 0. The summed E-state index contributed by atoms with van der Waals surface area (Å²) in [4.78, 5) is 25.2. The van der Waals surface area contributed by atoms with Gasteiger partial charge in [0.05, 0.1) is 18.6 Å². The Morgan fingerprint density at radius 1 is 1.71 bits per heavy atom. The van der Waals surface area contributed by atoms with Gasteiger partial charge in [-0.1, -0.05) is 19.1 Å². The van der Waals surface area contributed by atoms with Crippen molar-refractivity contribution in [3.8, 4) is 0 Å². The highest BCUT2D eigenvalue weighted by Gasteiger charge is 2.66. The first kappa shape index (κ1) is 10.8. The van der Waals surface area contributed by atoms with Gasteiger partial charge in [0, 0.05) is 6.54 Å². The standard InChI is InChI=1S/C12H15NO4/c1-2-5-13-6-12-4-3-7(17-12)8(11(15)16)9(12)10(13)14/h3-4,7-9H,2,5-6H2,1H3,(H,15,16)/t7-,8+,9-,12?/m1/s1. The molecule has 4 atom stereocenters. The minimum Gasteiger partial charge on any atom is -0.481 e. The Morgan fingerprint density at radius 3 is 3.12 bits per heavy atom. The third-order valence-corrected chi connectivity index (χ3v) is 3.96. The Labute approximate surface area is 99.0 Å². The molecule has 0 saturated carbocycles. The van der Waals surface area contributed by atoms with E-state index < -0.39 is 29.5 Å². The van der Waals surface area contributed by atoms with Crippen molar-refractivity contribution < 1.29 is 19.4 Å². The topological polar surface area (TPSA) is 66.8 Å². The lowest BCUT2D eigenvalue weighted by Crippen LogP contribution is -2.39. The van der Waals surface area contributed by atoms with Crippen LogP contribution in [0.4, 0.5) is 0 Å². The number of carboxylic acid groups (broad SMARTS) is 1. The van der Waals surface area contributed by atoms with Gasteiger partial charge in [0.25, 0.3) is 0 Å². The number of amides is 1. The number of aliphatic carboxylic acids is 1. The largest absolute Gasteiger partial charge is 0.481 e. The number of rotatable bonds is 3. The predicted octanol–water partition coefficient (Wildman–Crippen LogP) is 0.263. The number of nitrogens with zero attached hydrogens (tertiary/aromatic N) is 1. The SMILES string of the molecule is CCCN1CC23C=C[C@@H](O2)[C@H](C(=O)O)[C@@H]3C1=O. The molecule has 5 heteroatoms. The highest BCUT2D eigenvalue weighted by atomic mass is 16.5. The van der Waals surface area contributed by atoms with Crippen molar-refractivity contribution in [1.82, 2.24) is 4.90 Å². The lowest BCUT2D eigenvalue weighted by Gasteiger charge is -2.21. The molecule has 1 N–H and O–H groups in total. The second-order valence-electron chi connectivity index (χ2n) is 5.00. The monoisotopic (exact) mass is 237 g/mol. The lowest BCUT2D eigenvalue weighted by atomic mass is 9.77. The second-order valence-corrected chi connectivity index (χ2v) is 5.00. The zero-order valence-electron chi connectivity index (χ0n) is 9.63. The predicted molar refractivity (Wildman–Crippen MR) is 58.2 cm³/mol. The number of carbonyl (C=O) groups is 2. The molecule has 1 unspecified atom stereocenters. The number of fused-ring (bicyclic) bond motifs is 1. The van der Waals surface area contributed by atoms with E-state index in [0.29, 0.717) is 13.1 Å². The number of ether oxygens (including phenoxy) is 1. The van der Waals surface area contributed by atoms with Crippen molar-refractivity contribution in [1.29, 1.82) is 0 Å². The molecular formula is C12H15NO4. The Morgan fingerprint density at radius 2 is 2.47 bits per heavy atom. The fraction of sp³-hybridized carbons (Fsp3) is 0.667. The van der Waals surface area contributed by atoms with Gasteiger partial charge in [-0.25, -0.2) is 0 Å². The van der Waals surface area contributed by atoms with Gasteiger partial charge in [0.1, 0.15) is 11.5 Å². The van der Waals surface area contributed by atoms with E-state index in [-0.39, 0.29) is 5.91 Å². The molecule has 0 radical (unpaired) electrons. The van der Waals surface area contributed by atoms with Gasteiger partial charge in [-0.2, -0.15) is 0 Å². The summed E-state index contributed by atoms with van der Waals surface area (Å²) >= 11 is 0. The molecule has 2 fully saturated rings. The maximum atomic E-state index is 12.2. The molecular weight excluding hydrogens is 222 g/mol. The summed E-state index contributed by atoms with van der Waals surface area (Å²) in [5.41, 5.74) is -0.667. The number of carboxylic acids is 1. The van der Waals surface area contributed by atoms with Gasteiger partial charge < -0.3 is 14.7 Å². The number of likely N-dealkylation sites (tertiary alicyclic amines) is 1. The minimum absolute atomic E-state index is 0.0638. The molecule has 3 aliphatic rings. The van der Waals surface area contributed by atoms with Crippen molar-refractivity contribution in [2.45, 2.75) is 25.0 Å². The van der Waals surface area contributed by atoms with Gasteiger partial charge in [-0.05, 0) is 6.42 Å². The van der Waals surface area contributed by atoms with E-state index in [4.69, 9.17) is 4.74 Å². The van der Waals surface area contributed by atoms with Crippen molar-refractivity contribution >= 4 is 11.9 Å². The Bertz CT molecular complexity index is 419. The zero-order chi connectivity index (χ0) is 12.2. The van der Waals surface area contributed by atoms with Gasteiger partial charge in [0.2, 0.25) is 5.91 Å². The van der Waals surface area contributed by atoms with Crippen LogP contribution in [0, 0.1) is 11.8 Å². The fourth-order valence-electron chi connectivity index (χ4n) is 3.32. The highest BCUT2D eigenvalue weighted by Crippen LogP contribution is 2.51. The molecule has 1 spiro atoms. The first-order valence-electron chi connectivity index (χ1n) is 5.98. The molecule has 0 aliphatic carbocycles. The number of carbonyl (C=O) groups excluding carboxylic acids is 1. The van der Waals surface area contributed by atoms with Crippen LogP contribution in [0.5, 0.6) is 0 Å². The normalized spacial score (nSPS) is 42.3. The van der Waals surface area contributed by atoms with Crippen molar-refractivity contribution in [3.63, 3.8) is 0 Å². The molecule has 0 aromatic rings. The van der Waals surface area contributed by atoms with Crippen LogP contribution >= 0.6 is 0 Å². The van der Waals surface area contributed by atoms with Crippen LogP contribution in [0.1, 0.15) is 13.3 Å². The van der Waals surface area contributed by atoms with Gasteiger partial charge in [0.15, 0.2) is 0 Å². The van der Waals surface area contributed by atoms with E-state index >= 15 is 0 Å². The van der Waals surface area contributed by atoms with E-state index in [0.717, 1.165) is 6.42 Å². The maximum absolute atomic E-state index is 12.2. The molecule has 3 rings (SSSR count). The summed E-state index contributed by atoms with van der Waals surface area (Å²) in [6, 6.07) is 0. The Hall–Kier alpha value is -1.36. The molecule has 2 saturated heterocycles. The highest BCUT2D eigenvalue weighted by molar-refractivity contribution is 5.90. The molecule has 17 heavy (non-hydrogen) atoms.